The highest BCUT2D eigenvalue weighted by molar-refractivity contribution is 5.93. The Morgan fingerprint density at radius 3 is 2.63 bits per heavy atom. The van der Waals surface area contributed by atoms with Crippen LogP contribution in [0, 0.1) is 5.92 Å². The number of allylic oxidation sites excluding steroid dienone is 3. The molecule has 0 aromatic rings. The molecule has 3 N–H and O–H groups in total. The van der Waals surface area contributed by atoms with E-state index in [9.17, 15) is 24.6 Å². The molecule has 0 saturated heterocycles. The largest absolute Gasteiger partial charge is 0.504 e. The number of nitrogens with zero attached hydrogens (tertiary/aromatic N) is 1. The van der Waals surface area contributed by atoms with Crippen LogP contribution in [-0.2, 0) is 19.1 Å². The fraction of sp³-hybridized carbons (Fsp3) is 0.593. The molecule has 2 atom stereocenters. The molecule has 0 bridgehead atoms. The van der Waals surface area contributed by atoms with Crippen molar-refractivity contribution in [3.63, 3.8) is 0 Å². The summed E-state index contributed by atoms with van der Waals surface area (Å²) in [5.41, 5.74) is 1.62. The van der Waals surface area contributed by atoms with Gasteiger partial charge in [-0.3, -0.25) is 9.59 Å². The molecule has 0 fully saturated rings. The minimum atomic E-state index is -1.02. The van der Waals surface area contributed by atoms with Crippen LogP contribution in [0.25, 0.3) is 0 Å². The molecule has 0 radical (unpaired) electrons. The fourth-order valence-corrected chi connectivity index (χ4v) is 4.30. The molecule has 8 heteroatoms. The van der Waals surface area contributed by atoms with Crippen LogP contribution in [-0.4, -0.2) is 56.8 Å². The number of aliphatic hydroxyl groups is 2. The Hall–Kier alpha value is -2.87. The van der Waals surface area contributed by atoms with Crippen LogP contribution in [0.2, 0.25) is 0 Å². The topological polar surface area (TPSA) is 124 Å². The van der Waals surface area contributed by atoms with Gasteiger partial charge in [0.2, 0.25) is 5.91 Å². The highest BCUT2D eigenvalue weighted by Gasteiger charge is 2.27. The SMILES string of the molecule is CC1=C(O)/C(=C/[C@@H](C)CCC/C(C)=C/CC[C@@](C)(O)CCCC2=CC(=O)N(CC(=O)O)C2)OC1=O. The van der Waals surface area contributed by atoms with Gasteiger partial charge in [0.05, 0.1) is 11.2 Å². The average Bonchev–Trinajstić information content (AvgIpc) is 3.20. The summed E-state index contributed by atoms with van der Waals surface area (Å²) in [5.74, 6) is -1.42. The zero-order valence-corrected chi connectivity index (χ0v) is 21.3. The number of carbonyl (C=O) groups excluding carboxylic acids is 2. The summed E-state index contributed by atoms with van der Waals surface area (Å²) in [6, 6.07) is 0. The van der Waals surface area contributed by atoms with Crippen LogP contribution in [0.1, 0.15) is 79.1 Å². The summed E-state index contributed by atoms with van der Waals surface area (Å²) in [7, 11) is 0. The molecule has 1 amide bonds. The molecular weight excluding hydrogens is 450 g/mol. The van der Waals surface area contributed by atoms with Gasteiger partial charge >= 0.3 is 11.9 Å². The molecule has 0 saturated carbocycles. The van der Waals surface area contributed by atoms with Crippen molar-refractivity contribution < 1.29 is 34.4 Å². The lowest BCUT2D eigenvalue weighted by atomic mass is 9.91. The number of aliphatic hydroxyl groups excluding tert-OH is 1. The lowest BCUT2D eigenvalue weighted by molar-refractivity contribution is -0.142. The first-order chi connectivity index (χ1) is 16.4. The zero-order chi connectivity index (χ0) is 26.2. The molecule has 2 heterocycles. The maximum atomic E-state index is 11.8. The fourth-order valence-electron chi connectivity index (χ4n) is 4.30. The zero-order valence-electron chi connectivity index (χ0n) is 21.3. The molecule has 2 rings (SSSR count). The van der Waals surface area contributed by atoms with E-state index in [0.717, 1.165) is 37.7 Å². The first-order valence-corrected chi connectivity index (χ1v) is 12.3. The second kappa shape index (κ2) is 12.7. The number of rotatable bonds is 14. The molecule has 194 valence electrons. The smallest absolute Gasteiger partial charge is 0.343 e. The van der Waals surface area contributed by atoms with Crippen LogP contribution in [0.5, 0.6) is 0 Å². The lowest BCUT2D eigenvalue weighted by Gasteiger charge is -2.23. The third-order valence-corrected chi connectivity index (χ3v) is 6.51. The van der Waals surface area contributed by atoms with Crippen molar-refractivity contribution in [3.05, 3.63) is 46.5 Å². The first-order valence-electron chi connectivity index (χ1n) is 12.3. The van der Waals surface area contributed by atoms with Crippen LogP contribution in [0.3, 0.4) is 0 Å². The maximum Gasteiger partial charge on any atom is 0.343 e. The number of ether oxygens (including phenoxy) is 1. The molecule has 35 heavy (non-hydrogen) atoms. The quantitative estimate of drug-likeness (QED) is 0.241. The monoisotopic (exact) mass is 489 g/mol. The molecule has 2 aliphatic heterocycles. The summed E-state index contributed by atoms with van der Waals surface area (Å²) in [6.45, 7) is 7.56. The normalized spacial score (nSPS) is 20.4. The van der Waals surface area contributed by atoms with E-state index in [2.05, 4.69) is 13.0 Å². The number of esters is 1. The number of amides is 1. The van der Waals surface area contributed by atoms with Gasteiger partial charge in [-0.15, -0.1) is 0 Å². The van der Waals surface area contributed by atoms with E-state index in [4.69, 9.17) is 9.84 Å². The molecule has 0 unspecified atom stereocenters. The van der Waals surface area contributed by atoms with Crippen molar-refractivity contribution in [1.82, 2.24) is 4.90 Å². The van der Waals surface area contributed by atoms with Gasteiger partial charge in [0.1, 0.15) is 6.54 Å². The number of hydrogen-bond donors (Lipinski definition) is 3. The van der Waals surface area contributed by atoms with Crippen molar-refractivity contribution in [1.29, 1.82) is 0 Å². The Morgan fingerprint density at radius 2 is 2.00 bits per heavy atom. The molecular formula is C27H39NO7. The molecule has 0 aromatic carbocycles. The number of aliphatic carboxylic acids is 1. The van der Waals surface area contributed by atoms with Crippen LogP contribution in [0.15, 0.2) is 46.5 Å². The number of hydrogen-bond acceptors (Lipinski definition) is 6. The van der Waals surface area contributed by atoms with Gasteiger partial charge in [-0.25, -0.2) is 4.79 Å². The van der Waals surface area contributed by atoms with Crippen LogP contribution >= 0.6 is 0 Å². The molecule has 0 aromatic heterocycles. The van der Waals surface area contributed by atoms with E-state index >= 15 is 0 Å². The van der Waals surface area contributed by atoms with Crippen molar-refractivity contribution in [2.45, 2.75) is 84.7 Å². The van der Waals surface area contributed by atoms with Crippen molar-refractivity contribution in [2.24, 2.45) is 5.92 Å². The van der Waals surface area contributed by atoms with E-state index in [1.54, 1.807) is 13.0 Å². The van der Waals surface area contributed by atoms with Gasteiger partial charge in [0, 0.05) is 12.6 Å². The molecule has 2 aliphatic rings. The van der Waals surface area contributed by atoms with E-state index in [1.807, 2.05) is 13.8 Å². The third-order valence-electron chi connectivity index (χ3n) is 6.51. The summed E-state index contributed by atoms with van der Waals surface area (Å²) in [6.07, 6.45) is 11.7. The van der Waals surface area contributed by atoms with E-state index < -0.39 is 17.5 Å². The number of carboxylic acid groups (broad SMARTS) is 1. The molecule has 0 aliphatic carbocycles. The number of cyclic esters (lactones) is 1. The third kappa shape index (κ3) is 9.36. The highest BCUT2D eigenvalue weighted by atomic mass is 16.6. The minimum Gasteiger partial charge on any atom is -0.504 e. The lowest BCUT2D eigenvalue weighted by Crippen LogP contribution is -2.31. The Balaban J connectivity index is 1.64. The van der Waals surface area contributed by atoms with Gasteiger partial charge in [0.15, 0.2) is 11.5 Å². The maximum absolute atomic E-state index is 11.8. The standard InChI is InChI=1S/C27H39NO7/c1-18(8-5-9-19(2)14-22-25(32)20(3)26(33)35-22)10-6-12-27(4,34)13-7-11-21-15-23(29)28(16-21)17-24(30)31/h10,14-15,19,32,34H,5-9,11-13,16-17H2,1-4H3,(H,30,31)/b18-10+,22-14-/t19-,27+/m0/s1. The van der Waals surface area contributed by atoms with Crippen LogP contribution < -0.4 is 0 Å². The van der Waals surface area contributed by atoms with Crippen molar-refractivity contribution in [3.8, 4) is 0 Å². The first kappa shape index (κ1) is 28.4. The molecule has 8 nitrogen and oxygen atoms in total. The minimum absolute atomic E-state index is 0.0707. The van der Waals surface area contributed by atoms with Gasteiger partial charge in [-0.1, -0.05) is 18.6 Å². The summed E-state index contributed by atoms with van der Waals surface area (Å²) in [5, 5.41) is 29.5. The Bertz CT molecular complexity index is 939. The summed E-state index contributed by atoms with van der Waals surface area (Å²) < 4.78 is 5.07. The molecule has 0 spiro atoms. The van der Waals surface area contributed by atoms with Crippen molar-refractivity contribution >= 4 is 17.8 Å². The Morgan fingerprint density at radius 1 is 1.29 bits per heavy atom. The van der Waals surface area contributed by atoms with Gasteiger partial charge in [-0.05, 0) is 89.7 Å². The van der Waals surface area contributed by atoms with E-state index in [1.165, 1.54) is 16.5 Å². The Labute approximate surface area is 207 Å². The van der Waals surface area contributed by atoms with Crippen molar-refractivity contribution in [2.75, 3.05) is 13.1 Å². The summed E-state index contributed by atoms with van der Waals surface area (Å²) >= 11 is 0. The number of carboxylic acids is 1. The van der Waals surface area contributed by atoms with Gasteiger partial charge in [-0.2, -0.15) is 0 Å². The van der Waals surface area contributed by atoms with Gasteiger partial charge in [0.25, 0.3) is 0 Å². The van der Waals surface area contributed by atoms with E-state index in [-0.39, 0.29) is 35.5 Å². The number of carbonyl (C=O) groups is 3. The average molecular weight is 490 g/mol. The summed E-state index contributed by atoms with van der Waals surface area (Å²) in [4.78, 5) is 35.4. The predicted molar refractivity (Wildman–Crippen MR) is 132 cm³/mol. The second-order valence-electron chi connectivity index (χ2n) is 10.1. The Kier molecular flexibility index (Phi) is 10.3. The predicted octanol–water partition coefficient (Wildman–Crippen LogP) is 4.57. The highest BCUT2D eigenvalue weighted by Crippen LogP contribution is 2.27. The van der Waals surface area contributed by atoms with Gasteiger partial charge < -0.3 is 25.0 Å². The second-order valence-corrected chi connectivity index (χ2v) is 10.1. The van der Waals surface area contributed by atoms with Crippen LogP contribution in [0.4, 0.5) is 0 Å². The van der Waals surface area contributed by atoms with E-state index in [0.29, 0.717) is 25.8 Å².